The van der Waals surface area contributed by atoms with Crippen LogP contribution < -0.4 is 4.74 Å². The fourth-order valence-electron chi connectivity index (χ4n) is 2.73. The van der Waals surface area contributed by atoms with Gasteiger partial charge in [-0.05, 0) is 44.5 Å². The SMILES string of the molecule is COc1ccc(Br)c([C@@H]2CN(C(C)(C)C)C[C@H]2C#N)c1. The molecule has 1 heterocycles. The number of hydrogen-bond acceptors (Lipinski definition) is 3. The molecule has 0 saturated carbocycles. The third-order valence-electron chi connectivity index (χ3n) is 4.04. The summed E-state index contributed by atoms with van der Waals surface area (Å²) in [6, 6.07) is 8.46. The van der Waals surface area contributed by atoms with E-state index < -0.39 is 0 Å². The summed E-state index contributed by atoms with van der Waals surface area (Å²) in [7, 11) is 1.67. The second kappa shape index (κ2) is 5.75. The van der Waals surface area contributed by atoms with Gasteiger partial charge in [0.15, 0.2) is 0 Å². The van der Waals surface area contributed by atoms with Gasteiger partial charge in [0.2, 0.25) is 0 Å². The molecule has 1 aromatic carbocycles. The van der Waals surface area contributed by atoms with Crippen molar-refractivity contribution in [3.05, 3.63) is 28.2 Å². The van der Waals surface area contributed by atoms with E-state index in [9.17, 15) is 5.26 Å². The zero-order chi connectivity index (χ0) is 14.9. The number of hydrogen-bond donors (Lipinski definition) is 0. The molecule has 0 N–H and O–H groups in total. The maximum Gasteiger partial charge on any atom is 0.119 e. The van der Waals surface area contributed by atoms with Crippen LogP contribution in [-0.4, -0.2) is 30.6 Å². The van der Waals surface area contributed by atoms with Crippen LogP contribution in [0.25, 0.3) is 0 Å². The van der Waals surface area contributed by atoms with Gasteiger partial charge in [-0.3, -0.25) is 4.90 Å². The van der Waals surface area contributed by atoms with Gasteiger partial charge in [-0.15, -0.1) is 0 Å². The molecule has 0 amide bonds. The van der Waals surface area contributed by atoms with Crippen molar-refractivity contribution in [1.29, 1.82) is 5.26 Å². The molecular weight excluding hydrogens is 316 g/mol. The highest BCUT2D eigenvalue weighted by Gasteiger charge is 2.39. The molecule has 4 heteroatoms. The Bertz CT molecular complexity index is 530. The first-order valence-electron chi connectivity index (χ1n) is 6.85. The second-order valence-corrected chi connectivity index (χ2v) is 7.16. The van der Waals surface area contributed by atoms with Gasteiger partial charge in [-0.1, -0.05) is 15.9 Å². The van der Waals surface area contributed by atoms with Gasteiger partial charge in [0.25, 0.3) is 0 Å². The van der Waals surface area contributed by atoms with Crippen LogP contribution in [0.3, 0.4) is 0 Å². The van der Waals surface area contributed by atoms with Crippen LogP contribution in [0.1, 0.15) is 32.3 Å². The first-order valence-corrected chi connectivity index (χ1v) is 7.64. The Morgan fingerprint density at radius 2 is 2.05 bits per heavy atom. The zero-order valence-corrected chi connectivity index (χ0v) is 14.1. The van der Waals surface area contributed by atoms with Crippen molar-refractivity contribution >= 4 is 15.9 Å². The summed E-state index contributed by atoms with van der Waals surface area (Å²) < 4.78 is 6.37. The van der Waals surface area contributed by atoms with Crippen LogP contribution >= 0.6 is 15.9 Å². The van der Waals surface area contributed by atoms with Crippen molar-refractivity contribution in [1.82, 2.24) is 4.90 Å². The Balaban J connectivity index is 2.34. The lowest BCUT2D eigenvalue weighted by Crippen LogP contribution is -2.39. The Labute approximate surface area is 129 Å². The maximum absolute atomic E-state index is 9.48. The number of nitrogens with zero attached hydrogens (tertiary/aromatic N) is 2. The first kappa shape index (κ1) is 15.3. The average molecular weight is 337 g/mol. The lowest BCUT2D eigenvalue weighted by Gasteiger charge is -2.31. The Kier molecular flexibility index (Phi) is 4.41. The third kappa shape index (κ3) is 2.99. The monoisotopic (exact) mass is 336 g/mol. The first-order chi connectivity index (χ1) is 9.36. The van der Waals surface area contributed by atoms with Gasteiger partial charge in [0, 0.05) is 29.0 Å². The van der Waals surface area contributed by atoms with E-state index in [4.69, 9.17) is 4.74 Å². The molecule has 1 aromatic rings. The zero-order valence-electron chi connectivity index (χ0n) is 12.5. The largest absolute Gasteiger partial charge is 0.497 e. The molecule has 1 aliphatic rings. The van der Waals surface area contributed by atoms with E-state index in [2.05, 4.69) is 47.7 Å². The summed E-state index contributed by atoms with van der Waals surface area (Å²) in [6.07, 6.45) is 0. The molecule has 3 nitrogen and oxygen atoms in total. The molecule has 0 aliphatic carbocycles. The van der Waals surface area contributed by atoms with E-state index in [1.165, 1.54) is 5.56 Å². The molecule has 20 heavy (non-hydrogen) atoms. The van der Waals surface area contributed by atoms with E-state index in [0.29, 0.717) is 0 Å². The number of nitriles is 1. The minimum absolute atomic E-state index is 0.0256. The topological polar surface area (TPSA) is 36.3 Å². The minimum atomic E-state index is 0.0256. The highest BCUT2D eigenvalue weighted by atomic mass is 79.9. The molecule has 1 aliphatic heterocycles. The third-order valence-corrected chi connectivity index (χ3v) is 4.76. The molecule has 0 unspecified atom stereocenters. The van der Waals surface area contributed by atoms with Gasteiger partial charge >= 0.3 is 0 Å². The number of benzene rings is 1. The predicted molar refractivity (Wildman–Crippen MR) is 83.9 cm³/mol. The quantitative estimate of drug-likeness (QED) is 0.824. The molecule has 0 spiro atoms. The fraction of sp³-hybridized carbons (Fsp3) is 0.562. The minimum Gasteiger partial charge on any atom is -0.497 e. The van der Waals surface area contributed by atoms with Crippen molar-refractivity contribution in [3.8, 4) is 11.8 Å². The van der Waals surface area contributed by atoms with Crippen LogP contribution in [0.2, 0.25) is 0 Å². The number of rotatable bonds is 2. The molecule has 0 radical (unpaired) electrons. The lowest BCUT2D eigenvalue weighted by atomic mass is 9.90. The number of halogens is 1. The highest BCUT2D eigenvalue weighted by molar-refractivity contribution is 9.10. The Morgan fingerprint density at radius 1 is 1.35 bits per heavy atom. The van der Waals surface area contributed by atoms with Gasteiger partial charge < -0.3 is 4.74 Å². The Hall–Kier alpha value is -1.05. The molecule has 0 bridgehead atoms. The summed E-state index contributed by atoms with van der Waals surface area (Å²) in [6.45, 7) is 8.33. The van der Waals surface area contributed by atoms with E-state index >= 15 is 0 Å². The predicted octanol–water partition coefficient (Wildman–Crippen LogP) is 3.80. The maximum atomic E-state index is 9.48. The van der Waals surface area contributed by atoms with Gasteiger partial charge in [0.05, 0.1) is 19.1 Å². The Morgan fingerprint density at radius 3 is 2.60 bits per heavy atom. The van der Waals surface area contributed by atoms with E-state index in [-0.39, 0.29) is 17.4 Å². The smallest absolute Gasteiger partial charge is 0.119 e. The van der Waals surface area contributed by atoms with Crippen LogP contribution in [0, 0.1) is 17.2 Å². The number of methoxy groups -OCH3 is 1. The van der Waals surface area contributed by atoms with Crippen molar-refractivity contribution < 1.29 is 4.74 Å². The molecule has 108 valence electrons. The highest BCUT2D eigenvalue weighted by Crippen LogP contribution is 2.39. The fourth-order valence-corrected chi connectivity index (χ4v) is 3.27. The summed E-state index contributed by atoms with van der Waals surface area (Å²) >= 11 is 3.61. The number of ether oxygens (including phenoxy) is 1. The van der Waals surface area contributed by atoms with Gasteiger partial charge in [-0.25, -0.2) is 0 Å². The standard InChI is InChI=1S/C16H21BrN2O/c1-16(2,3)19-9-11(8-18)14(10-19)13-7-12(20-4)5-6-15(13)17/h5-7,11,14H,9-10H2,1-4H3/t11-,14-/m1/s1. The summed E-state index contributed by atoms with van der Waals surface area (Å²) in [5, 5.41) is 9.48. The van der Waals surface area contributed by atoms with E-state index in [1.807, 2.05) is 18.2 Å². The van der Waals surface area contributed by atoms with Crippen molar-refractivity contribution in [3.63, 3.8) is 0 Å². The molecule has 2 rings (SSSR count). The average Bonchev–Trinajstić information content (AvgIpc) is 2.83. The van der Waals surface area contributed by atoms with Crippen molar-refractivity contribution in [2.24, 2.45) is 5.92 Å². The normalized spacial score (nSPS) is 23.6. The van der Waals surface area contributed by atoms with Crippen LogP contribution in [0.15, 0.2) is 22.7 Å². The molecular formula is C16H21BrN2O. The summed E-state index contributed by atoms with van der Waals surface area (Å²) in [5.74, 6) is 1.09. The van der Waals surface area contributed by atoms with Crippen molar-refractivity contribution in [2.45, 2.75) is 32.2 Å². The van der Waals surface area contributed by atoms with Crippen LogP contribution in [-0.2, 0) is 0 Å². The van der Waals surface area contributed by atoms with Crippen molar-refractivity contribution in [2.75, 3.05) is 20.2 Å². The van der Waals surface area contributed by atoms with E-state index in [1.54, 1.807) is 7.11 Å². The van der Waals surface area contributed by atoms with Gasteiger partial charge in [-0.2, -0.15) is 5.26 Å². The molecule has 1 fully saturated rings. The second-order valence-electron chi connectivity index (χ2n) is 6.31. The number of likely N-dealkylation sites (tertiary alicyclic amines) is 1. The van der Waals surface area contributed by atoms with Crippen LogP contribution in [0.5, 0.6) is 5.75 Å². The molecule has 1 saturated heterocycles. The van der Waals surface area contributed by atoms with Gasteiger partial charge in [0.1, 0.15) is 5.75 Å². The molecule has 0 aromatic heterocycles. The summed E-state index contributed by atoms with van der Waals surface area (Å²) in [5.41, 5.74) is 1.26. The lowest BCUT2D eigenvalue weighted by molar-refractivity contribution is 0.170. The van der Waals surface area contributed by atoms with Crippen LogP contribution in [0.4, 0.5) is 0 Å². The molecule has 2 atom stereocenters. The van der Waals surface area contributed by atoms with E-state index in [0.717, 1.165) is 23.3 Å². The summed E-state index contributed by atoms with van der Waals surface area (Å²) in [4.78, 5) is 2.39.